The van der Waals surface area contributed by atoms with E-state index < -0.39 is 0 Å². The quantitative estimate of drug-likeness (QED) is 0.813. The molecule has 3 heteroatoms. The summed E-state index contributed by atoms with van der Waals surface area (Å²) in [5.74, 6) is 6.34. The van der Waals surface area contributed by atoms with E-state index in [9.17, 15) is 4.39 Å². The molecule has 21 heavy (non-hydrogen) atoms. The highest BCUT2D eigenvalue weighted by Crippen LogP contribution is 2.27. The monoisotopic (exact) mass is 289 g/mol. The van der Waals surface area contributed by atoms with Crippen molar-refractivity contribution in [2.75, 3.05) is 19.7 Å². The number of hydrogen-bond acceptors (Lipinski definition) is 2. The molecule has 2 rings (SSSR count). The first-order chi connectivity index (χ1) is 10.2. The van der Waals surface area contributed by atoms with E-state index in [0.29, 0.717) is 12.0 Å². The lowest BCUT2D eigenvalue weighted by Crippen LogP contribution is -2.32. The van der Waals surface area contributed by atoms with Crippen LogP contribution in [0, 0.1) is 23.6 Å². The topological polar surface area (TPSA) is 23.5 Å². The van der Waals surface area contributed by atoms with Gasteiger partial charge in [-0.15, -0.1) is 0 Å². The number of benzene rings is 1. The molecule has 1 aromatic carbocycles. The number of aliphatic hydroxyl groups is 1. The molecular formula is C18H24FNO. The van der Waals surface area contributed by atoms with Crippen molar-refractivity contribution in [1.82, 2.24) is 4.90 Å². The summed E-state index contributed by atoms with van der Waals surface area (Å²) < 4.78 is 13.7. The van der Waals surface area contributed by atoms with Crippen LogP contribution in [0.4, 0.5) is 4.39 Å². The maximum atomic E-state index is 13.7. The molecule has 0 spiro atoms. The molecule has 0 unspecified atom stereocenters. The summed E-state index contributed by atoms with van der Waals surface area (Å²) >= 11 is 0. The Kier molecular flexibility index (Phi) is 6.22. The highest BCUT2D eigenvalue weighted by Gasteiger charge is 2.20. The van der Waals surface area contributed by atoms with Crippen molar-refractivity contribution >= 4 is 0 Å². The zero-order chi connectivity index (χ0) is 15.1. The molecule has 0 aromatic heterocycles. The molecule has 114 valence electrons. The predicted molar refractivity (Wildman–Crippen MR) is 83.3 cm³/mol. The van der Waals surface area contributed by atoms with E-state index in [2.05, 4.69) is 23.7 Å². The number of aliphatic hydroxyl groups excluding tert-OH is 1. The van der Waals surface area contributed by atoms with E-state index in [-0.39, 0.29) is 12.4 Å². The van der Waals surface area contributed by atoms with Crippen LogP contribution < -0.4 is 0 Å². The molecule has 1 aromatic rings. The fourth-order valence-electron chi connectivity index (χ4n) is 2.64. The molecule has 0 atom stereocenters. The van der Waals surface area contributed by atoms with Crippen molar-refractivity contribution in [2.45, 2.75) is 39.2 Å². The van der Waals surface area contributed by atoms with Crippen molar-refractivity contribution in [3.05, 3.63) is 35.1 Å². The average Bonchev–Trinajstić information content (AvgIpc) is 2.41. The van der Waals surface area contributed by atoms with Crippen molar-refractivity contribution < 1.29 is 9.50 Å². The summed E-state index contributed by atoms with van der Waals surface area (Å²) in [5.41, 5.74) is 1.67. The maximum Gasteiger partial charge on any atom is 0.124 e. The molecule has 0 heterocycles. The second-order valence-electron chi connectivity index (χ2n) is 5.75. The smallest absolute Gasteiger partial charge is 0.124 e. The van der Waals surface area contributed by atoms with Crippen LogP contribution in [0.2, 0.25) is 0 Å². The Morgan fingerprint density at radius 1 is 1.33 bits per heavy atom. The van der Waals surface area contributed by atoms with E-state index in [1.54, 1.807) is 6.07 Å². The molecule has 0 bridgehead atoms. The zero-order valence-corrected chi connectivity index (χ0v) is 12.7. The van der Waals surface area contributed by atoms with Crippen LogP contribution in [0.3, 0.4) is 0 Å². The van der Waals surface area contributed by atoms with Gasteiger partial charge in [0.2, 0.25) is 0 Å². The molecule has 1 N–H and O–H groups in total. The number of halogens is 1. The lowest BCUT2D eigenvalue weighted by Gasteiger charge is -2.31. The van der Waals surface area contributed by atoms with Crippen LogP contribution in [-0.2, 0) is 6.54 Å². The largest absolute Gasteiger partial charge is 0.395 e. The van der Waals surface area contributed by atoms with Crippen LogP contribution in [-0.4, -0.2) is 29.7 Å². The third-order valence-electron chi connectivity index (χ3n) is 4.02. The van der Waals surface area contributed by atoms with Gasteiger partial charge in [-0.3, -0.25) is 4.90 Å². The van der Waals surface area contributed by atoms with Gasteiger partial charge in [-0.05, 0) is 49.1 Å². The second-order valence-corrected chi connectivity index (χ2v) is 5.75. The maximum absolute atomic E-state index is 13.7. The summed E-state index contributed by atoms with van der Waals surface area (Å²) in [4.78, 5) is 2.38. The summed E-state index contributed by atoms with van der Waals surface area (Å²) in [6.45, 7) is 5.07. The third-order valence-corrected chi connectivity index (χ3v) is 4.02. The Labute approximate surface area is 127 Å². The van der Waals surface area contributed by atoms with Crippen molar-refractivity contribution in [3.8, 4) is 11.8 Å². The average molecular weight is 289 g/mol. The van der Waals surface area contributed by atoms with Gasteiger partial charge in [0.15, 0.2) is 0 Å². The van der Waals surface area contributed by atoms with Gasteiger partial charge in [-0.1, -0.05) is 25.2 Å². The Morgan fingerprint density at radius 3 is 2.76 bits per heavy atom. The van der Waals surface area contributed by atoms with Crippen LogP contribution in [0.15, 0.2) is 18.2 Å². The van der Waals surface area contributed by atoms with Gasteiger partial charge < -0.3 is 5.11 Å². The minimum atomic E-state index is -0.236. The first-order valence-corrected chi connectivity index (χ1v) is 7.82. The third kappa shape index (κ3) is 5.15. The summed E-state index contributed by atoms with van der Waals surface area (Å²) in [6.07, 6.45) is 4.44. The molecule has 1 fully saturated rings. The summed E-state index contributed by atoms with van der Waals surface area (Å²) in [5, 5.41) is 8.73. The predicted octanol–water partition coefficient (Wildman–Crippen LogP) is 3.18. The van der Waals surface area contributed by atoms with Gasteiger partial charge in [0.05, 0.1) is 6.61 Å². The Morgan fingerprint density at radius 2 is 2.14 bits per heavy atom. The number of rotatable bonds is 6. The Hall–Kier alpha value is -1.37. The van der Waals surface area contributed by atoms with Crippen LogP contribution >= 0.6 is 0 Å². The van der Waals surface area contributed by atoms with Crippen LogP contribution in [0.5, 0.6) is 0 Å². The molecule has 2 nitrogen and oxygen atoms in total. The standard InChI is InChI=1S/C18H24FNO/c1-2-20(13-15-7-5-8-15)14-17-10-16(6-3-4-9-21)11-18(19)12-17/h10-12,15,21H,2,4-5,7-9,13-14H2,1H3. The second kappa shape index (κ2) is 8.17. The minimum Gasteiger partial charge on any atom is -0.395 e. The first-order valence-electron chi connectivity index (χ1n) is 7.82. The van der Waals surface area contributed by atoms with Gasteiger partial charge in [-0.2, -0.15) is 0 Å². The molecule has 1 saturated carbocycles. The molecule has 0 saturated heterocycles. The lowest BCUT2D eigenvalue weighted by atomic mass is 9.85. The fraction of sp³-hybridized carbons (Fsp3) is 0.556. The van der Waals surface area contributed by atoms with Gasteiger partial charge in [0.1, 0.15) is 5.82 Å². The minimum absolute atomic E-state index is 0.0418. The van der Waals surface area contributed by atoms with Crippen LogP contribution in [0.1, 0.15) is 43.7 Å². The summed E-state index contributed by atoms with van der Waals surface area (Å²) in [6, 6.07) is 5.01. The zero-order valence-electron chi connectivity index (χ0n) is 12.7. The van der Waals surface area contributed by atoms with Gasteiger partial charge >= 0.3 is 0 Å². The molecule has 1 aliphatic rings. The highest BCUT2D eigenvalue weighted by atomic mass is 19.1. The Bertz CT molecular complexity index is 514. The SMILES string of the molecule is CCN(Cc1cc(F)cc(C#CCCO)c1)CC1CCC1. The molecule has 0 aliphatic heterocycles. The van der Waals surface area contributed by atoms with Gasteiger partial charge in [0, 0.05) is 25.1 Å². The lowest BCUT2D eigenvalue weighted by molar-refractivity contribution is 0.178. The molecular weight excluding hydrogens is 265 g/mol. The van der Waals surface area contributed by atoms with Crippen molar-refractivity contribution in [2.24, 2.45) is 5.92 Å². The first kappa shape index (κ1) is 16.0. The molecule has 0 radical (unpaired) electrons. The fourth-order valence-corrected chi connectivity index (χ4v) is 2.64. The van der Waals surface area contributed by atoms with E-state index >= 15 is 0 Å². The van der Waals surface area contributed by atoms with Crippen molar-refractivity contribution in [3.63, 3.8) is 0 Å². The van der Waals surface area contributed by atoms with E-state index in [1.807, 2.05) is 6.07 Å². The van der Waals surface area contributed by atoms with Crippen LogP contribution in [0.25, 0.3) is 0 Å². The molecule has 1 aliphatic carbocycles. The number of nitrogens with zero attached hydrogens (tertiary/aromatic N) is 1. The molecule has 0 amide bonds. The number of hydrogen-bond donors (Lipinski definition) is 1. The Balaban J connectivity index is 2.02. The summed E-state index contributed by atoms with van der Waals surface area (Å²) in [7, 11) is 0. The highest BCUT2D eigenvalue weighted by molar-refractivity contribution is 5.37. The van der Waals surface area contributed by atoms with Crippen molar-refractivity contribution in [1.29, 1.82) is 0 Å². The van der Waals surface area contributed by atoms with E-state index in [4.69, 9.17) is 5.11 Å². The van der Waals surface area contributed by atoms with E-state index in [0.717, 1.165) is 31.1 Å². The van der Waals surface area contributed by atoms with Gasteiger partial charge in [-0.25, -0.2) is 4.39 Å². The van der Waals surface area contributed by atoms with E-state index in [1.165, 1.54) is 25.3 Å². The normalized spacial score (nSPS) is 14.7. The van der Waals surface area contributed by atoms with Gasteiger partial charge in [0.25, 0.3) is 0 Å².